The van der Waals surface area contributed by atoms with Gasteiger partial charge in [0.2, 0.25) is 11.8 Å². The number of methoxy groups -OCH3 is 2. The van der Waals surface area contributed by atoms with E-state index in [9.17, 15) is 9.59 Å². The van der Waals surface area contributed by atoms with Crippen molar-refractivity contribution in [2.24, 2.45) is 5.92 Å². The van der Waals surface area contributed by atoms with Crippen molar-refractivity contribution in [2.45, 2.75) is 26.2 Å². The number of benzene rings is 1. The van der Waals surface area contributed by atoms with Crippen molar-refractivity contribution >= 4 is 11.8 Å². The minimum absolute atomic E-state index is 0.0142. The third kappa shape index (κ3) is 4.40. The molecule has 2 rings (SSSR count). The fourth-order valence-corrected chi connectivity index (χ4v) is 3.00. The Morgan fingerprint density at radius 1 is 1.21 bits per heavy atom. The summed E-state index contributed by atoms with van der Waals surface area (Å²) in [5, 5.41) is 2.85. The molecule has 1 aliphatic heterocycles. The van der Waals surface area contributed by atoms with Crippen molar-refractivity contribution in [1.29, 1.82) is 0 Å². The number of carbonyl (C=O) groups is 2. The first kappa shape index (κ1) is 18.1. The molecule has 0 atom stereocenters. The number of amides is 2. The van der Waals surface area contributed by atoms with Crippen LogP contribution in [0.25, 0.3) is 0 Å². The smallest absolute Gasteiger partial charge is 0.227 e. The minimum Gasteiger partial charge on any atom is -0.497 e. The standard InChI is InChI=1S/C18H26N2O4/c1-4-19-18(22)13-7-9-20(10-8-13)17(21)12-14-11-15(23-2)5-6-16(14)24-3/h5-6,11,13H,4,7-10,12H2,1-3H3,(H,19,22). The summed E-state index contributed by atoms with van der Waals surface area (Å²) in [5.74, 6) is 1.55. The lowest BCUT2D eigenvalue weighted by molar-refractivity contribution is -0.135. The van der Waals surface area contributed by atoms with E-state index in [1.165, 1.54) is 0 Å². The van der Waals surface area contributed by atoms with Gasteiger partial charge in [0.05, 0.1) is 20.6 Å². The van der Waals surface area contributed by atoms with E-state index in [-0.39, 0.29) is 24.2 Å². The van der Waals surface area contributed by atoms with Crippen LogP contribution in [0.3, 0.4) is 0 Å². The second-order valence-corrected chi connectivity index (χ2v) is 5.90. The predicted octanol–water partition coefficient (Wildman–Crippen LogP) is 1.62. The predicted molar refractivity (Wildman–Crippen MR) is 91.2 cm³/mol. The zero-order chi connectivity index (χ0) is 17.5. The first-order chi connectivity index (χ1) is 11.6. The zero-order valence-electron chi connectivity index (χ0n) is 14.6. The summed E-state index contributed by atoms with van der Waals surface area (Å²) in [5.41, 5.74) is 0.813. The molecule has 6 heteroatoms. The Bertz CT molecular complexity index is 580. The highest BCUT2D eigenvalue weighted by atomic mass is 16.5. The highest BCUT2D eigenvalue weighted by Gasteiger charge is 2.27. The van der Waals surface area contributed by atoms with Gasteiger partial charge < -0.3 is 19.7 Å². The maximum atomic E-state index is 12.6. The Hall–Kier alpha value is -2.24. The van der Waals surface area contributed by atoms with Gasteiger partial charge in [0, 0.05) is 31.1 Å². The lowest BCUT2D eigenvalue weighted by Crippen LogP contribution is -2.43. The molecule has 0 bridgehead atoms. The summed E-state index contributed by atoms with van der Waals surface area (Å²) in [7, 11) is 3.19. The van der Waals surface area contributed by atoms with Crippen molar-refractivity contribution in [1.82, 2.24) is 10.2 Å². The van der Waals surface area contributed by atoms with E-state index in [4.69, 9.17) is 9.47 Å². The molecule has 0 radical (unpaired) electrons. The summed E-state index contributed by atoms with van der Waals surface area (Å²) in [4.78, 5) is 26.3. The molecule has 24 heavy (non-hydrogen) atoms. The van der Waals surface area contributed by atoms with Gasteiger partial charge in [-0.05, 0) is 38.0 Å². The molecule has 6 nitrogen and oxygen atoms in total. The molecule has 0 spiro atoms. The number of nitrogens with one attached hydrogen (secondary N) is 1. The highest BCUT2D eigenvalue weighted by Crippen LogP contribution is 2.26. The number of rotatable bonds is 6. The van der Waals surface area contributed by atoms with Gasteiger partial charge in [0.25, 0.3) is 0 Å². The second-order valence-electron chi connectivity index (χ2n) is 5.90. The van der Waals surface area contributed by atoms with Gasteiger partial charge in [-0.2, -0.15) is 0 Å². The maximum Gasteiger partial charge on any atom is 0.227 e. The normalized spacial score (nSPS) is 15.0. The third-order valence-electron chi connectivity index (χ3n) is 4.40. The molecule has 1 N–H and O–H groups in total. The molecule has 1 aliphatic rings. The molecule has 1 aromatic rings. The zero-order valence-corrected chi connectivity index (χ0v) is 14.6. The van der Waals surface area contributed by atoms with Crippen LogP contribution >= 0.6 is 0 Å². The molecule has 0 saturated carbocycles. The molecule has 1 aromatic carbocycles. The quantitative estimate of drug-likeness (QED) is 0.858. The number of hydrogen-bond donors (Lipinski definition) is 1. The summed E-state index contributed by atoms with van der Waals surface area (Å²) in [6, 6.07) is 5.45. The van der Waals surface area contributed by atoms with Crippen LogP contribution in [0.5, 0.6) is 11.5 Å². The molecule has 1 heterocycles. The Balaban J connectivity index is 1.95. The van der Waals surface area contributed by atoms with E-state index in [1.54, 1.807) is 14.2 Å². The summed E-state index contributed by atoms with van der Waals surface area (Å²) in [6.45, 7) is 3.80. The van der Waals surface area contributed by atoms with Crippen LogP contribution < -0.4 is 14.8 Å². The average Bonchev–Trinajstić information content (AvgIpc) is 2.62. The summed E-state index contributed by atoms with van der Waals surface area (Å²) < 4.78 is 10.5. The molecule has 0 unspecified atom stereocenters. The molecular weight excluding hydrogens is 308 g/mol. The molecule has 132 valence electrons. The minimum atomic E-state index is 0.0142. The second kappa shape index (κ2) is 8.57. The molecule has 0 aliphatic carbocycles. The van der Waals surface area contributed by atoms with Crippen molar-refractivity contribution in [3.05, 3.63) is 23.8 Å². The fraction of sp³-hybridized carbons (Fsp3) is 0.556. The number of carbonyl (C=O) groups excluding carboxylic acids is 2. The van der Waals surface area contributed by atoms with Gasteiger partial charge in [-0.15, -0.1) is 0 Å². The molecule has 1 fully saturated rings. The molecule has 1 saturated heterocycles. The van der Waals surface area contributed by atoms with Gasteiger partial charge in [0.1, 0.15) is 11.5 Å². The fourth-order valence-electron chi connectivity index (χ4n) is 3.00. The molecule has 0 aromatic heterocycles. The lowest BCUT2D eigenvalue weighted by Gasteiger charge is -2.31. The Labute approximate surface area is 143 Å². The number of piperidine rings is 1. The van der Waals surface area contributed by atoms with E-state index in [2.05, 4.69) is 5.32 Å². The number of nitrogens with zero attached hydrogens (tertiary/aromatic N) is 1. The van der Waals surface area contributed by atoms with Crippen LogP contribution in [-0.2, 0) is 16.0 Å². The Morgan fingerprint density at radius 3 is 2.50 bits per heavy atom. The van der Waals surface area contributed by atoms with Gasteiger partial charge in [-0.25, -0.2) is 0 Å². The molecule has 2 amide bonds. The number of hydrogen-bond acceptors (Lipinski definition) is 4. The molecular formula is C18H26N2O4. The number of likely N-dealkylation sites (tertiary alicyclic amines) is 1. The SMILES string of the molecule is CCNC(=O)C1CCN(C(=O)Cc2cc(OC)ccc2OC)CC1. The van der Waals surface area contributed by atoms with Crippen molar-refractivity contribution in [3.63, 3.8) is 0 Å². The van der Waals surface area contributed by atoms with Crippen LogP contribution in [0.2, 0.25) is 0 Å². The Morgan fingerprint density at radius 2 is 1.92 bits per heavy atom. The third-order valence-corrected chi connectivity index (χ3v) is 4.40. The number of ether oxygens (including phenoxy) is 2. The monoisotopic (exact) mass is 334 g/mol. The lowest BCUT2D eigenvalue weighted by atomic mass is 9.95. The topological polar surface area (TPSA) is 67.9 Å². The first-order valence-corrected chi connectivity index (χ1v) is 8.35. The van der Waals surface area contributed by atoms with Gasteiger partial charge in [-0.3, -0.25) is 9.59 Å². The van der Waals surface area contributed by atoms with Crippen molar-refractivity contribution in [3.8, 4) is 11.5 Å². The Kier molecular flexibility index (Phi) is 6.46. The van der Waals surface area contributed by atoms with Crippen molar-refractivity contribution < 1.29 is 19.1 Å². The van der Waals surface area contributed by atoms with Crippen LogP contribution in [0.1, 0.15) is 25.3 Å². The largest absolute Gasteiger partial charge is 0.497 e. The highest BCUT2D eigenvalue weighted by molar-refractivity contribution is 5.81. The first-order valence-electron chi connectivity index (χ1n) is 8.35. The van der Waals surface area contributed by atoms with E-state index in [0.717, 1.165) is 5.56 Å². The van der Waals surface area contributed by atoms with Gasteiger partial charge in [0.15, 0.2) is 0 Å². The van der Waals surface area contributed by atoms with Crippen LogP contribution in [-0.4, -0.2) is 50.6 Å². The van der Waals surface area contributed by atoms with Gasteiger partial charge in [-0.1, -0.05) is 0 Å². The maximum absolute atomic E-state index is 12.6. The average molecular weight is 334 g/mol. The van der Waals surface area contributed by atoms with E-state index < -0.39 is 0 Å². The van der Waals surface area contributed by atoms with E-state index in [0.29, 0.717) is 44.0 Å². The van der Waals surface area contributed by atoms with E-state index in [1.807, 2.05) is 30.0 Å². The van der Waals surface area contributed by atoms with Crippen molar-refractivity contribution in [2.75, 3.05) is 33.9 Å². The van der Waals surface area contributed by atoms with Crippen LogP contribution in [0.4, 0.5) is 0 Å². The van der Waals surface area contributed by atoms with Gasteiger partial charge >= 0.3 is 0 Å². The summed E-state index contributed by atoms with van der Waals surface area (Å²) >= 11 is 0. The summed E-state index contributed by atoms with van der Waals surface area (Å²) in [6.07, 6.45) is 1.70. The van der Waals surface area contributed by atoms with Crippen LogP contribution in [0.15, 0.2) is 18.2 Å². The van der Waals surface area contributed by atoms with E-state index >= 15 is 0 Å². The van der Waals surface area contributed by atoms with Crippen LogP contribution in [0, 0.1) is 5.92 Å².